The van der Waals surface area contributed by atoms with Gasteiger partial charge in [-0.05, 0) is 24.3 Å². The molecule has 0 amide bonds. The smallest absolute Gasteiger partial charge is 0.169 e. The van der Waals surface area contributed by atoms with E-state index in [1.54, 1.807) is 44.6 Å². The molecule has 2 aromatic rings. The molecule has 0 radical (unpaired) electrons. The van der Waals surface area contributed by atoms with Gasteiger partial charge in [0, 0.05) is 6.07 Å². The summed E-state index contributed by atoms with van der Waals surface area (Å²) < 4.78 is 16.1. The molecule has 0 N–H and O–H groups in total. The largest absolute Gasteiger partial charge is 0.497 e. The van der Waals surface area contributed by atoms with Gasteiger partial charge in [0.15, 0.2) is 11.5 Å². The molecule has 4 heteroatoms. The SMILES string of the molecule is COc1ccc(C#N)c(Oc2ccccc2OC)c1. The van der Waals surface area contributed by atoms with Crippen molar-refractivity contribution in [2.24, 2.45) is 0 Å². The Bertz CT molecular complexity index is 617. The van der Waals surface area contributed by atoms with E-state index >= 15 is 0 Å². The van der Waals surface area contributed by atoms with Crippen molar-refractivity contribution in [1.29, 1.82) is 5.26 Å². The number of nitrogens with zero attached hydrogens (tertiary/aromatic N) is 1. The molecule has 0 saturated heterocycles. The van der Waals surface area contributed by atoms with Gasteiger partial charge in [0.2, 0.25) is 0 Å². The van der Waals surface area contributed by atoms with Crippen LogP contribution < -0.4 is 14.2 Å². The molecule has 0 heterocycles. The lowest BCUT2D eigenvalue weighted by molar-refractivity contribution is 0.375. The second kappa shape index (κ2) is 5.78. The quantitative estimate of drug-likeness (QED) is 0.840. The number of ether oxygens (including phenoxy) is 3. The number of rotatable bonds is 4. The van der Waals surface area contributed by atoms with Crippen LogP contribution in [-0.2, 0) is 0 Å². The summed E-state index contributed by atoms with van der Waals surface area (Å²) in [6, 6.07) is 14.4. The van der Waals surface area contributed by atoms with Crippen molar-refractivity contribution in [1.82, 2.24) is 0 Å². The highest BCUT2D eigenvalue weighted by molar-refractivity contribution is 5.51. The maximum absolute atomic E-state index is 9.08. The molecule has 0 saturated carbocycles. The lowest BCUT2D eigenvalue weighted by Gasteiger charge is -2.11. The van der Waals surface area contributed by atoms with Crippen molar-refractivity contribution in [3.05, 3.63) is 48.0 Å². The third-order valence-corrected chi connectivity index (χ3v) is 2.60. The van der Waals surface area contributed by atoms with Crippen LogP contribution in [0.25, 0.3) is 0 Å². The van der Waals surface area contributed by atoms with Crippen LogP contribution in [0.1, 0.15) is 5.56 Å². The Hall–Kier alpha value is -2.67. The minimum absolute atomic E-state index is 0.436. The van der Waals surface area contributed by atoms with Crippen molar-refractivity contribution >= 4 is 0 Å². The summed E-state index contributed by atoms with van der Waals surface area (Å²) in [6.07, 6.45) is 0. The predicted molar refractivity (Wildman–Crippen MR) is 70.8 cm³/mol. The highest BCUT2D eigenvalue weighted by Gasteiger charge is 2.09. The lowest BCUT2D eigenvalue weighted by Crippen LogP contribution is -1.93. The summed E-state index contributed by atoms with van der Waals surface area (Å²) in [7, 11) is 3.13. The van der Waals surface area contributed by atoms with Gasteiger partial charge in [-0.3, -0.25) is 0 Å². The molecule has 0 atom stereocenters. The number of para-hydroxylation sites is 2. The van der Waals surface area contributed by atoms with Gasteiger partial charge >= 0.3 is 0 Å². The second-order valence-electron chi connectivity index (χ2n) is 3.73. The zero-order valence-corrected chi connectivity index (χ0v) is 10.7. The van der Waals surface area contributed by atoms with E-state index in [1.165, 1.54) is 0 Å². The Morgan fingerprint density at radius 3 is 2.26 bits per heavy atom. The molecular weight excluding hydrogens is 242 g/mol. The van der Waals surface area contributed by atoms with Crippen molar-refractivity contribution in [3.63, 3.8) is 0 Å². The molecule has 0 bridgehead atoms. The van der Waals surface area contributed by atoms with E-state index < -0.39 is 0 Å². The van der Waals surface area contributed by atoms with Crippen LogP contribution in [0.4, 0.5) is 0 Å². The molecule has 0 aromatic heterocycles. The predicted octanol–water partition coefficient (Wildman–Crippen LogP) is 3.37. The second-order valence-corrected chi connectivity index (χ2v) is 3.73. The first-order valence-corrected chi connectivity index (χ1v) is 5.67. The Balaban J connectivity index is 2.39. The van der Waals surface area contributed by atoms with E-state index in [4.69, 9.17) is 19.5 Å². The zero-order chi connectivity index (χ0) is 13.7. The Morgan fingerprint density at radius 1 is 0.895 bits per heavy atom. The minimum Gasteiger partial charge on any atom is -0.497 e. The van der Waals surface area contributed by atoms with Gasteiger partial charge in [0.05, 0.1) is 19.8 Å². The van der Waals surface area contributed by atoms with Crippen LogP contribution in [-0.4, -0.2) is 14.2 Å². The van der Waals surface area contributed by atoms with Gasteiger partial charge in [0.1, 0.15) is 17.6 Å². The van der Waals surface area contributed by atoms with Crippen LogP contribution in [0, 0.1) is 11.3 Å². The number of nitriles is 1. The fourth-order valence-corrected chi connectivity index (χ4v) is 1.63. The van der Waals surface area contributed by atoms with Gasteiger partial charge in [0.25, 0.3) is 0 Å². The van der Waals surface area contributed by atoms with Crippen molar-refractivity contribution < 1.29 is 14.2 Å². The first-order chi connectivity index (χ1) is 9.28. The summed E-state index contributed by atoms with van der Waals surface area (Å²) >= 11 is 0. The summed E-state index contributed by atoms with van der Waals surface area (Å²) in [5.74, 6) is 2.22. The molecular formula is C15H13NO3. The molecule has 0 aliphatic heterocycles. The first kappa shape index (κ1) is 12.8. The van der Waals surface area contributed by atoms with Crippen LogP contribution in [0.15, 0.2) is 42.5 Å². The Kier molecular flexibility index (Phi) is 3.89. The number of hydrogen-bond acceptors (Lipinski definition) is 4. The average Bonchev–Trinajstić information content (AvgIpc) is 2.47. The highest BCUT2D eigenvalue weighted by Crippen LogP contribution is 2.34. The van der Waals surface area contributed by atoms with Crippen LogP contribution in [0.5, 0.6) is 23.0 Å². The van der Waals surface area contributed by atoms with Crippen LogP contribution in [0.2, 0.25) is 0 Å². The van der Waals surface area contributed by atoms with Crippen molar-refractivity contribution in [2.75, 3.05) is 14.2 Å². The normalized spacial score (nSPS) is 9.53. The highest BCUT2D eigenvalue weighted by atomic mass is 16.5. The monoisotopic (exact) mass is 255 g/mol. The molecule has 2 aromatic carbocycles. The van der Waals surface area contributed by atoms with Crippen LogP contribution >= 0.6 is 0 Å². The third kappa shape index (κ3) is 2.78. The molecule has 0 aliphatic rings. The third-order valence-electron chi connectivity index (χ3n) is 2.60. The Morgan fingerprint density at radius 2 is 1.63 bits per heavy atom. The van der Waals surface area contributed by atoms with Gasteiger partial charge in [-0.1, -0.05) is 12.1 Å². The summed E-state index contributed by atoms with van der Waals surface area (Å²) in [5, 5.41) is 9.08. The molecule has 0 spiro atoms. The lowest BCUT2D eigenvalue weighted by atomic mass is 10.2. The van der Waals surface area contributed by atoms with E-state index in [1.807, 2.05) is 12.1 Å². The first-order valence-electron chi connectivity index (χ1n) is 5.67. The Labute approximate surface area is 111 Å². The minimum atomic E-state index is 0.436. The molecule has 2 rings (SSSR count). The van der Waals surface area contributed by atoms with E-state index in [2.05, 4.69) is 6.07 Å². The standard InChI is InChI=1S/C15H13NO3/c1-17-12-8-7-11(10-16)15(9-12)19-14-6-4-3-5-13(14)18-2/h3-9H,1-2H3. The van der Waals surface area contributed by atoms with Gasteiger partial charge < -0.3 is 14.2 Å². The fraction of sp³-hybridized carbons (Fsp3) is 0.133. The number of benzene rings is 2. The summed E-state index contributed by atoms with van der Waals surface area (Å²) in [4.78, 5) is 0. The number of hydrogen-bond donors (Lipinski definition) is 0. The molecule has 96 valence electrons. The zero-order valence-electron chi connectivity index (χ0n) is 10.7. The fourth-order valence-electron chi connectivity index (χ4n) is 1.63. The summed E-state index contributed by atoms with van der Waals surface area (Å²) in [6.45, 7) is 0. The van der Waals surface area contributed by atoms with Gasteiger partial charge in [-0.25, -0.2) is 0 Å². The average molecular weight is 255 g/mol. The molecule has 0 aliphatic carbocycles. The molecule has 19 heavy (non-hydrogen) atoms. The molecule has 4 nitrogen and oxygen atoms in total. The summed E-state index contributed by atoms with van der Waals surface area (Å²) in [5.41, 5.74) is 0.437. The van der Waals surface area contributed by atoms with Crippen molar-refractivity contribution in [2.45, 2.75) is 0 Å². The maximum atomic E-state index is 9.08. The van der Waals surface area contributed by atoms with Gasteiger partial charge in [-0.15, -0.1) is 0 Å². The molecule has 0 fully saturated rings. The van der Waals surface area contributed by atoms with E-state index in [-0.39, 0.29) is 0 Å². The maximum Gasteiger partial charge on any atom is 0.169 e. The van der Waals surface area contributed by atoms with Crippen LogP contribution in [0.3, 0.4) is 0 Å². The van der Waals surface area contributed by atoms with E-state index in [0.717, 1.165) is 0 Å². The topological polar surface area (TPSA) is 51.5 Å². The van der Waals surface area contributed by atoms with E-state index in [0.29, 0.717) is 28.6 Å². The molecule has 0 unspecified atom stereocenters. The van der Waals surface area contributed by atoms with Crippen molar-refractivity contribution in [3.8, 4) is 29.1 Å². The number of methoxy groups -OCH3 is 2. The van der Waals surface area contributed by atoms with E-state index in [9.17, 15) is 0 Å². The van der Waals surface area contributed by atoms with Gasteiger partial charge in [-0.2, -0.15) is 5.26 Å².